The van der Waals surface area contributed by atoms with Gasteiger partial charge in [0.15, 0.2) is 11.6 Å². The Bertz CT molecular complexity index is 5150. The summed E-state index contributed by atoms with van der Waals surface area (Å²) < 4.78 is 14.9. The van der Waals surface area contributed by atoms with Crippen LogP contribution in [0.4, 0.5) is 0 Å². The van der Waals surface area contributed by atoms with Crippen molar-refractivity contribution in [3.8, 4) is 17.3 Å². The molecule has 5 nitrogen and oxygen atoms in total. The largest absolute Gasteiger partial charge is 0.309 e. The molecular weight excluding hydrogens is 911 g/mol. The number of nitrogens with zero attached hydrogens (tertiary/aromatic N) is 5. The Balaban J connectivity index is 0.996. The highest BCUT2D eigenvalue weighted by atomic mass is 32.1. The highest BCUT2D eigenvalue weighted by Crippen LogP contribution is 2.45. The molecule has 0 fully saturated rings. The maximum atomic E-state index is 5.89. The Morgan fingerprint density at radius 1 is 0.243 bits per heavy atom. The molecule has 0 aliphatic heterocycles. The van der Waals surface area contributed by atoms with E-state index in [4.69, 9.17) is 9.97 Å². The number of thiophene rings is 3. The minimum Gasteiger partial charge on any atom is -0.309 e. The number of fused-ring (bicyclic) bond motifs is 19. The van der Waals surface area contributed by atoms with Gasteiger partial charge < -0.3 is 4.57 Å². The molecule has 0 amide bonds. The lowest BCUT2D eigenvalue weighted by molar-refractivity contribution is 0.995. The Morgan fingerprint density at radius 2 is 0.600 bits per heavy atom. The topological polar surface area (TPSA) is 40.6 Å². The lowest BCUT2D eigenvalue weighted by Crippen LogP contribution is -2.09. The lowest BCUT2D eigenvalue weighted by atomic mass is 10.1. The molecule has 7 aromatic heterocycles. The van der Waals surface area contributed by atoms with E-state index < -0.39 is 0 Å². The standard InChI is InChI=1S/C62H33N5S3/c1-7-19-49-35(13-1)41-28-44-38-16-4-10-22-55(38)68-58(44)31-52(41)65(49)34-25-26-47-48(27-34)64-62(67-51-21-9-3-15-37(51)43-30-46-40-18-6-12-24-57(40)70-60(46)33-54(43)67)61(63-47)66-50-20-8-2-14-36(50)42-29-45-39-17-5-11-23-56(39)69-59(45)32-53(42)66/h1-33H. The highest BCUT2D eigenvalue weighted by molar-refractivity contribution is 7.26. The van der Waals surface area contributed by atoms with Gasteiger partial charge in [0, 0.05) is 98.5 Å². The Hall–Kier alpha value is -8.40. The van der Waals surface area contributed by atoms with Crippen LogP contribution in [0.2, 0.25) is 0 Å². The van der Waals surface area contributed by atoms with E-state index >= 15 is 0 Å². The molecule has 0 bridgehead atoms. The van der Waals surface area contributed by atoms with Crippen molar-refractivity contribution in [3.63, 3.8) is 0 Å². The molecule has 0 N–H and O–H groups in total. The summed E-state index contributed by atoms with van der Waals surface area (Å²) in [5.74, 6) is 1.57. The molecule has 0 radical (unpaired) electrons. The van der Waals surface area contributed by atoms with Crippen LogP contribution in [0, 0.1) is 0 Å². The van der Waals surface area contributed by atoms with Crippen molar-refractivity contribution in [1.29, 1.82) is 0 Å². The average molecular weight is 944 g/mol. The molecule has 0 aliphatic carbocycles. The van der Waals surface area contributed by atoms with Crippen molar-refractivity contribution >= 4 is 171 Å². The third kappa shape index (κ3) is 4.99. The Labute approximate surface area is 409 Å². The average Bonchev–Trinajstić information content (AvgIpc) is 4.25. The molecule has 0 saturated carbocycles. The molecule has 0 unspecified atom stereocenters. The van der Waals surface area contributed by atoms with Gasteiger partial charge in [0.05, 0.1) is 44.1 Å². The van der Waals surface area contributed by atoms with Gasteiger partial charge in [-0.2, -0.15) is 0 Å². The molecule has 0 saturated heterocycles. The first kappa shape index (κ1) is 37.6. The number of para-hydroxylation sites is 3. The van der Waals surface area contributed by atoms with Crippen molar-refractivity contribution in [2.24, 2.45) is 0 Å². The van der Waals surface area contributed by atoms with Gasteiger partial charge in [0.2, 0.25) is 0 Å². The Kier molecular flexibility index (Phi) is 7.32. The number of rotatable bonds is 3. The first-order valence-corrected chi connectivity index (χ1v) is 26.0. The van der Waals surface area contributed by atoms with Crippen molar-refractivity contribution in [1.82, 2.24) is 23.7 Å². The fourth-order valence-electron chi connectivity index (χ4n) is 11.8. The van der Waals surface area contributed by atoms with E-state index in [0.29, 0.717) is 0 Å². The zero-order valence-electron chi connectivity index (χ0n) is 37.0. The van der Waals surface area contributed by atoms with Crippen LogP contribution in [0.5, 0.6) is 0 Å². The van der Waals surface area contributed by atoms with Gasteiger partial charge in [-0.1, -0.05) is 109 Å². The molecule has 0 spiro atoms. The van der Waals surface area contributed by atoms with E-state index in [1.165, 1.54) is 98.4 Å². The summed E-state index contributed by atoms with van der Waals surface area (Å²) in [6, 6.07) is 73.7. The molecule has 324 valence electrons. The molecule has 7 heterocycles. The first-order chi connectivity index (χ1) is 34.7. The normalized spacial score (nSPS) is 12.6. The van der Waals surface area contributed by atoms with E-state index in [0.717, 1.165) is 55.9 Å². The van der Waals surface area contributed by atoms with Crippen molar-refractivity contribution in [3.05, 3.63) is 200 Å². The van der Waals surface area contributed by atoms with Gasteiger partial charge in [-0.3, -0.25) is 9.13 Å². The van der Waals surface area contributed by atoms with Crippen molar-refractivity contribution in [2.75, 3.05) is 0 Å². The molecule has 0 aliphatic rings. The lowest BCUT2D eigenvalue weighted by Gasteiger charge is -2.17. The second-order valence-corrected chi connectivity index (χ2v) is 21.7. The summed E-state index contributed by atoms with van der Waals surface area (Å²) in [6.45, 7) is 0. The summed E-state index contributed by atoms with van der Waals surface area (Å²) in [6.07, 6.45) is 0. The van der Waals surface area contributed by atoms with Crippen molar-refractivity contribution < 1.29 is 0 Å². The Morgan fingerprint density at radius 3 is 1.04 bits per heavy atom. The summed E-state index contributed by atoms with van der Waals surface area (Å²) in [5.41, 5.74) is 9.44. The maximum absolute atomic E-state index is 5.89. The molecule has 17 rings (SSSR count). The van der Waals surface area contributed by atoms with Crippen LogP contribution in [0.25, 0.3) is 154 Å². The predicted octanol–water partition coefficient (Wildman–Crippen LogP) is 18.0. The maximum Gasteiger partial charge on any atom is 0.182 e. The van der Waals surface area contributed by atoms with Gasteiger partial charge in [0.1, 0.15) is 0 Å². The third-order valence-corrected chi connectivity index (χ3v) is 18.2. The minimum absolute atomic E-state index is 0.782. The van der Waals surface area contributed by atoms with Crippen molar-refractivity contribution in [2.45, 2.75) is 0 Å². The van der Waals surface area contributed by atoms with E-state index in [-0.39, 0.29) is 0 Å². The molecule has 17 aromatic rings. The van der Waals surface area contributed by atoms with E-state index in [1.807, 2.05) is 34.0 Å². The first-order valence-electron chi connectivity index (χ1n) is 23.5. The number of aromatic nitrogens is 5. The molecule has 8 heteroatoms. The predicted molar refractivity (Wildman–Crippen MR) is 301 cm³/mol. The van der Waals surface area contributed by atoms with Gasteiger partial charge >= 0.3 is 0 Å². The van der Waals surface area contributed by atoms with Crippen LogP contribution in [0.3, 0.4) is 0 Å². The minimum atomic E-state index is 0.782. The third-order valence-electron chi connectivity index (χ3n) is 14.8. The second kappa shape index (κ2) is 13.6. The fraction of sp³-hybridized carbons (Fsp3) is 0. The van der Waals surface area contributed by atoms with Crippen LogP contribution in [0.15, 0.2) is 200 Å². The van der Waals surface area contributed by atoms with E-state index in [9.17, 15) is 0 Å². The van der Waals surface area contributed by atoms with Crippen LogP contribution in [-0.4, -0.2) is 23.7 Å². The smallest absolute Gasteiger partial charge is 0.182 e. The molecule has 70 heavy (non-hydrogen) atoms. The number of benzene rings is 10. The number of hydrogen-bond donors (Lipinski definition) is 0. The second-order valence-electron chi connectivity index (χ2n) is 18.5. The SMILES string of the molecule is c1ccc2c(c1)sc1cc3c(cc12)c1ccccc1n3-c1ccc2nc(-n3c4ccccc4c4cc5c(cc43)sc3ccccc35)c(-n3c4ccccc4c4cc5c(cc43)sc3ccccc35)nc2c1. The van der Waals surface area contributed by atoms with Crippen LogP contribution in [-0.2, 0) is 0 Å². The fourth-order valence-corrected chi connectivity index (χ4v) is 15.1. The molecule has 10 aromatic carbocycles. The molecular formula is C62H33N5S3. The van der Waals surface area contributed by atoms with Crippen LogP contribution >= 0.6 is 34.0 Å². The zero-order chi connectivity index (χ0) is 45.3. The van der Waals surface area contributed by atoms with Gasteiger partial charge in [0.25, 0.3) is 0 Å². The highest BCUT2D eigenvalue weighted by Gasteiger charge is 2.25. The van der Waals surface area contributed by atoms with Gasteiger partial charge in [-0.05, 0) is 91.0 Å². The quantitative estimate of drug-likeness (QED) is 0.177. The van der Waals surface area contributed by atoms with Crippen LogP contribution < -0.4 is 0 Å². The van der Waals surface area contributed by atoms with Gasteiger partial charge in [-0.15, -0.1) is 34.0 Å². The van der Waals surface area contributed by atoms with E-state index in [1.54, 1.807) is 0 Å². The summed E-state index contributed by atoms with van der Waals surface area (Å²) in [4.78, 5) is 11.7. The van der Waals surface area contributed by atoms with E-state index in [2.05, 4.69) is 214 Å². The molecule has 0 atom stereocenters. The van der Waals surface area contributed by atoms with Crippen LogP contribution in [0.1, 0.15) is 0 Å². The monoisotopic (exact) mass is 943 g/mol. The zero-order valence-corrected chi connectivity index (χ0v) is 39.5. The summed E-state index contributed by atoms with van der Waals surface area (Å²) in [7, 11) is 0. The number of hydrogen-bond acceptors (Lipinski definition) is 5. The summed E-state index contributed by atoms with van der Waals surface area (Å²) >= 11 is 5.56. The summed E-state index contributed by atoms with van der Waals surface area (Å²) in [5, 5.41) is 15.0. The van der Waals surface area contributed by atoms with Gasteiger partial charge in [-0.25, -0.2) is 9.97 Å².